The average molecular weight is 304 g/mol. The lowest BCUT2D eigenvalue weighted by molar-refractivity contribution is -0.123. The van der Waals surface area contributed by atoms with Crippen LogP contribution in [0.3, 0.4) is 0 Å². The Morgan fingerprint density at radius 2 is 1.73 bits per heavy atom. The molecule has 3 amide bonds. The summed E-state index contributed by atoms with van der Waals surface area (Å²) in [5.41, 5.74) is 3.12. The number of benzene rings is 1. The molecule has 118 valence electrons. The van der Waals surface area contributed by atoms with Gasteiger partial charge in [0.05, 0.1) is 5.56 Å². The molecule has 6 heteroatoms. The van der Waals surface area contributed by atoms with Crippen molar-refractivity contribution in [3.63, 3.8) is 0 Å². The second-order valence-corrected chi connectivity index (χ2v) is 5.65. The van der Waals surface area contributed by atoms with Gasteiger partial charge in [0.25, 0.3) is 5.91 Å². The van der Waals surface area contributed by atoms with Crippen LogP contribution >= 0.6 is 0 Å². The molecular formula is C16H20N2O4. The lowest BCUT2D eigenvalue weighted by Crippen LogP contribution is -2.42. The van der Waals surface area contributed by atoms with E-state index < -0.39 is 24.5 Å². The van der Waals surface area contributed by atoms with Gasteiger partial charge in [-0.3, -0.25) is 10.1 Å². The Morgan fingerprint density at radius 1 is 1.14 bits per heavy atom. The summed E-state index contributed by atoms with van der Waals surface area (Å²) in [4.78, 5) is 35.0. The van der Waals surface area contributed by atoms with Gasteiger partial charge in [0.1, 0.15) is 0 Å². The Balaban J connectivity index is 1.86. The van der Waals surface area contributed by atoms with Crippen molar-refractivity contribution in [2.45, 2.75) is 39.7 Å². The first kappa shape index (κ1) is 16.0. The predicted molar refractivity (Wildman–Crippen MR) is 80.6 cm³/mol. The molecule has 1 aliphatic carbocycles. The van der Waals surface area contributed by atoms with Crippen molar-refractivity contribution in [2.75, 3.05) is 6.61 Å². The van der Waals surface area contributed by atoms with Gasteiger partial charge >= 0.3 is 12.0 Å². The number of nitrogens with one attached hydrogen (secondary N) is 2. The number of hydrogen-bond donors (Lipinski definition) is 2. The zero-order valence-electron chi connectivity index (χ0n) is 13.0. The number of carbonyl (C=O) groups excluding carboxylic acids is 3. The smallest absolute Gasteiger partial charge is 0.339 e. The number of ether oxygens (including phenoxy) is 1. The molecule has 22 heavy (non-hydrogen) atoms. The molecule has 2 N–H and O–H groups in total. The summed E-state index contributed by atoms with van der Waals surface area (Å²) in [5.74, 6) is -1.21. The lowest BCUT2D eigenvalue weighted by atomic mass is 10.00. The summed E-state index contributed by atoms with van der Waals surface area (Å²) in [6.45, 7) is 5.10. The fraction of sp³-hybridized carbons (Fsp3) is 0.438. The second kappa shape index (κ2) is 6.60. The molecule has 1 aliphatic rings. The van der Waals surface area contributed by atoms with Crippen LogP contribution in [0.5, 0.6) is 0 Å². The first-order chi connectivity index (χ1) is 10.4. The van der Waals surface area contributed by atoms with Gasteiger partial charge in [0.2, 0.25) is 0 Å². The monoisotopic (exact) mass is 304 g/mol. The maximum Gasteiger partial charge on any atom is 0.339 e. The quantitative estimate of drug-likeness (QED) is 0.830. The van der Waals surface area contributed by atoms with Crippen LogP contribution in [0.1, 0.15) is 39.9 Å². The van der Waals surface area contributed by atoms with Crippen molar-refractivity contribution in [1.29, 1.82) is 0 Å². The van der Waals surface area contributed by atoms with Crippen LogP contribution in [0.4, 0.5) is 4.79 Å². The Bertz CT molecular complexity index is 598. The SMILES string of the molecule is Cc1cc(C)c(C(=O)OCC(=O)NC(=O)NC2CC2)c(C)c1. The highest BCUT2D eigenvalue weighted by atomic mass is 16.5. The summed E-state index contributed by atoms with van der Waals surface area (Å²) in [7, 11) is 0. The highest BCUT2D eigenvalue weighted by Crippen LogP contribution is 2.18. The summed E-state index contributed by atoms with van der Waals surface area (Å²) in [6.07, 6.45) is 1.87. The third-order valence-corrected chi connectivity index (χ3v) is 3.38. The van der Waals surface area contributed by atoms with Gasteiger partial charge in [0, 0.05) is 6.04 Å². The summed E-state index contributed by atoms with van der Waals surface area (Å²) in [6, 6.07) is 3.37. The highest BCUT2D eigenvalue weighted by molar-refractivity contribution is 5.98. The minimum absolute atomic E-state index is 0.160. The molecule has 1 aromatic carbocycles. The first-order valence-electron chi connectivity index (χ1n) is 7.22. The molecular weight excluding hydrogens is 284 g/mol. The predicted octanol–water partition coefficient (Wildman–Crippen LogP) is 1.76. The molecule has 0 heterocycles. The topological polar surface area (TPSA) is 84.5 Å². The number of carbonyl (C=O) groups is 3. The van der Waals surface area contributed by atoms with E-state index in [1.165, 1.54) is 0 Å². The minimum Gasteiger partial charge on any atom is -0.452 e. The van der Waals surface area contributed by atoms with Crippen LogP contribution in [-0.4, -0.2) is 30.6 Å². The molecule has 0 saturated heterocycles. The van der Waals surface area contributed by atoms with Crippen LogP contribution in [0.25, 0.3) is 0 Å². The van der Waals surface area contributed by atoms with Crippen LogP contribution < -0.4 is 10.6 Å². The van der Waals surface area contributed by atoms with Crippen molar-refractivity contribution in [3.8, 4) is 0 Å². The third kappa shape index (κ3) is 4.31. The molecule has 1 aromatic rings. The highest BCUT2D eigenvalue weighted by Gasteiger charge is 2.24. The van der Waals surface area contributed by atoms with E-state index in [1.54, 1.807) is 0 Å². The molecule has 0 spiro atoms. The number of rotatable bonds is 4. The van der Waals surface area contributed by atoms with Crippen molar-refractivity contribution in [3.05, 3.63) is 34.4 Å². The Hall–Kier alpha value is -2.37. The number of amides is 3. The van der Waals surface area contributed by atoms with Crippen LogP contribution in [0.15, 0.2) is 12.1 Å². The Kier molecular flexibility index (Phi) is 4.80. The molecule has 1 fully saturated rings. The Morgan fingerprint density at radius 3 is 2.27 bits per heavy atom. The third-order valence-electron chi connectivity index (χ3n) is 3.38. The second-order valence-electron chi connectivity index (χ2n) is 5.65. The Labute approximate surface area is 129 Å². The number of imide groups is 1. The maximum absolute atomic E-state index is 12.1. The van der Waals surface area contributed by atoms with Gasteiger partial charge in [-0.1, -0.05) is 17.7 Å². The standard InChI is InChI=1S/C16H20N2O4/c1-9-6-10(2)14(11(3)7-9)15(20)22-8-13(19)18-16(21)17-12-4-5-12/h6-7,12H,4-5,8H2,1-3H3,(H2,17,18,19,21). The van der Waals surface area contributed by atoms with Gasteiger partial charge in [-0.2, -0.15) is 0 Å². The first-order valence-corrected chi connectivity index (χ1v) is 7.22. The van der Waals surface area contributed by atoms with E-state index in [9.17, 15) is 14.4 Å². The summed E-state index contributed by atoms with van der Waals surface area (Å²) >= 11 is 0. The zero-order chi connectivity index (χ0) is 16.3. The van der Waals surface area contributed by atoms with E-state index >= 15 is 0 Å². The van der Waals surface area contributed by atoms with E-state index in [-0.39, 0.29) is 6.04 Å². The number of aryl methyl sites for hydroxylation is 3. The summed E-state index contributed by atoms with van der Waals surface area (Å²) in [5, 5.41) is 4.75. The number of urea groups is 1. The van der Waals surface area contributed by atoms with Crippen molar-refractivity contribution >= 4 is 17.9 Å². The molecule has 2 rings (SSSR count). The van der Waals surface area contributed by atoms with E-state index in [0.29, 0.717) is 5.56 Å². The van der Waals surface area contributed by atoms with Gasteiger partial charge in [0.15, 0.2) is 6.61 Å². The molecule has 0 aliphatic heterocycles. The molecule has 0 bridgehead atoms. The van der Waals surface area contributed by atoms with Crippen molar-refractivity contribution < 1.29 is 19.1 Å². The fourth-order valence-corrected chi connectivity index (χ4v) is 2.32. The van der Waals surface area contributed by atoms with Gasteiger partial charge in [-0.15, -0.1) is 0 Å². The zero-order valence-corrected chi connectivity index (χ0v) is 13.0. The fourth-order valence-electron chi connectivity index (χ4n) is 2.32. The molecule has 0 aromatic heterocycles. The molecule has 0 unspecified atom stereocenters. The van der Waals surface area contributed by atoms with E-state index in [4.69, 9.17) is 4.74 Å². The molecule has 1 saturated carbocycles. The van der Waals surface area contributed by atoms with Crippen LogP contribution in [0.2, 0.25) is 0 Å². The lowest BCUT2D eigenvalue weighted by Gasteiger charge is -2.11. The van der Waals surface area contributed by atoms with Crippen LogP contribution in [-0.2, 0) is 9.53 Å². The number of esters is 1. The van der Waals surface area contributed by atoms with Gasteiger partial charge < -0.3 is 10.1 Å². The van der Waals surface area contributed by atoms with Crippen molar-refractivity contribution in [1.82, 2.24) is 10.6 Å². The van der Waals surface area contributed by atoms with E-state index in [1.807, 2.05) is 32.9 Å². The minimum atomic E-state index is -0.645. The number of hydrogen-bond acceptors (Lipinski definition) is 4. The molecule has 6 nitrogen and oxygen atoms in total. The van der Waals surface area contributed by atoms with E-state index in [2.05, 4.69) is 10.6 Å². The maximum atomic E-state index is 12.1. The van der Waals surface area contributed by atoms with Gasteiger partial charge in [-0.25, -0.2) is 9.59 Å². The van der Waals surface area contributed by atoms with Crippen LogP contribution in [0, 0.1) is 20.8 Å². The summed E-state index contributed by atoms with van der Waals surface area (Å²) < 4.78 is 4.98. The molecule has 0 atom stereocenters. The van der Waals surface area contributed by atoms with Crippen molar-refractivity contribution in [2.24, 2.45) is 0 Å². The normalized spacial score (nSPS) is 13.4. The largest absolute Gasteiger partial charge is 0.452 e. The van der Waals surface area contributed by atoms with Gasteiger partial charge in [-0.05, 0) is 44.7 Å². The van der Waals surface area contributed by atoms with E-state index in [0.717, 1.165) is 29.5 Å². The molecule has 0 radical (unpaired) electrons. The average Bonchev–Trinajstić information content (AvgIpc) is 3.18.